The molecule has 0 spiro atoms. The number of rotatable bonds is 3. The molecule has 5 nitrogen and oxygen atoms in total. The van der Waals surface area contributed by atoms with E-state index in [0.717, 1.165) is 24.8 Å². The van der Waals surface area contributed by atoms with Crippen molar-refractivity contribution in [2.45, 2.75) is 31.7 Å². The van der Waals surface area contributed by atoms with Crippen LogP contribution in [0.5, 0.6) is 0 Å². The summed E-state index contributed by atoms with van der Waals surface area (Å²) in [6.45, 7) is 1.54. The lowest BCUT2D eigenvalue weighted by Gasteiger charge is -2.34. The molecule has 2 N–H and O–H groups in total. The number of ketones is 1. The van der Waals surface area contributed by atoms with Crippen LogP contribution >= 0.6 is 12.4 Å². The number of aromatic nitrogens is 2. The van der Waals surface area contributed by atoms with Crippen LogP contribution in [-0.2, 0) is 5.54 Å². The normalized spacial score (nSPS) is 16.1. The lowest BCUT2D eigenvalue weighted by Crippen LogP contribution is -2.44. The number of nitrogens with zero attached hydrogens (tertiary/aromatic N) is 2. The first kappa shape index (κ1) is 14.7. The van der Waals surface area contributed by atoms with Gasteiger partial charge in [-0.2, -0.15) is 4.98 Å². The van der Waals surface area contributed by atoms with Gasteiger partial charge in [0.05, 0.1) is 5.54 Å². The highest BCUT2D eigenvalue weighted by molar-refractivity contribution is 5.94. The number of nitrogens with two attached hydrogens (primary N) is 1. The Kier molecular flexibility index (Phi) is 3.92. The van der Waals surface area contributed by atoms with Gasteiger partial charge in [-0.15, -0.1) is 12.4 Å². The van der Waals surface area contributed by atoms with E-state index in [1.165, 1.54) is 6.92 Å². The average Bonchev–Trinajstić information content (AvgIpc) is 2.86. The zero-order valence-electron chi connectivity index (χ0n) is 11.1. The molecule has 0 bridgehead atoms. The van der Waals surface area contributed by atoms with Gasteiger partial charge in [0, 0.05) is 11.1 Å². The highest BCUT2D eigenvalue weighted by Gasteiger charge is 2.39. The molecule has 0 unspecified atom stereocenters. The van der Waals surface area contributed by atoms with E-state index in [9.17, 15) is 4.79 Å². The maximum absolute atomic E-state index is 11.2. The molecule has 1 aromatic heterocycles. The molecular formula is C14H16ClN3O2. The van der Waals surface area contributed by atoms with Crippen molar-refractivity contribution in [3.63, 3.8) is 0 Å². The number of hydrogen-bond donors (Lipinski definition) is 1. The summed E-state index contributed by atoms with van der Waals surface area (Å²) in [6.07, 6.45) is 2.90. The van der Waals surface area contributed by atoms with Gasteiger partial charge in [0.15, 0.2) is 11.6 Å². The molecule has 106 valence electrons. The maximum Gasteiger partial charge on any atom is 0.257 e. The summed E-state index contributed by atoms with van der Waals surface area (Å²) < 4.78 is 5.25. The Bertz CT molecular complexity index is 618. The van der Waals surface area contributed by atoms with Crippen LogP contribution in [0.4, 0.5) is 0 Å². The minimum Gasteiger partial charge on any atom is -0.334 e. The molecule has 3 rings (SSSR count). The Morgan fingerprint density at radius 2 is 1.95 bits per heavy atom. The molecule has 0 saturated heterocycles. The van der Waals surface area contributed by atoms with E-state index < -0.39 is 5.54 Å². The highest BCUT2D eigenvalue weighted by Crippen LogP contribution is 2.37. The monoisotopic (exact) mass is 293 g/mol. The van der Waals surface area contributed by atoms with Gasteiger partial charge < -0.3 is 10.3 Å². The van der Waals surface area contributed by atoms with Crippen molar-refractivity contribution in [2.75, 3.05) is 0 Å². The van der Waals surface area contributed by atoms with E-state index in [4.69, 9.17) is 10.3 Å². The van der Waals surface area contributed by atoms with E-state index in [1.807, 2.05) is 0 Å². The van der Waals surface area contributed by atoms with Gasteiger partial charge in [0.2, 0.25) is 0 Å². The molecule has 1 saturated carbocycles. The summed E-state index contributed by atoms with van der Waals surface area (Å²) in [5.41, 5.74) is 7.20. The molecule has 0 aliphatic heterocycles. The van der Waals surface area contributed by atoms with E-state index in [1.54, 1.807) is 24.3 Å². The second kappa shape index (κ2) is 5.34. The van der Waals surface area contributed by atoms with E-state index in [-0.39, 0.29) is 18.2 Å². The molecule has 20 heavy (non-hydrogen) atoms. The van der Waals surface area contributed by atoms with Crippen LogP contribution < -0.4 is 5.73 Å². The molecule has 1 aromatic carbocycles. The van der Waals surface area contributed by atoms with Gasteiger partial charge in [-0.1, -0.05) is 17.3 Å². The lowest BCUT2D eigenvalue weighted by molar-refractivity contribution is 0.101. The number of benzene rings is 1. The Labute approximate surface area is 123 Å². The van der Waals surface area contributed by atoms with Crippen LogP contribution in [-0.4, -0.2) is 15.9 Å². The number of carbonyl (C=O) groups excluding carboxylic acids is 1. The van der Waals surface area contributed by atoms with Crippen LogP contribution in [0.15, 0.2) is 28.8 Å². The standard InChI is InChI=1S/C14H15N3O2.ClH/c1-9(18)10-3-5-11(6-4-10)12-16-13(17-19-12)14(15)7-2-8-14;/h3-6H,2,7-8,15H2,1H3;1H. The topological polar surface area (TPSA) is 82.0 Å². The summed E-state index contributed by atoms with van der Waals surface area (Å²) in [4.78, 5) is 15.6. The third kappa shape index (κ3) is 2.46. The minimum absolute atomic E-state index is 0. The fourth-order valence-electron chi connectivity index (χ4n) is 2.17. The van der Waals surface area contributed by atoms with E-state index in [2.05, 4.69) is 10.1 Å². The summed E-state index contributed by atoms with van der Waals surface area (Å²) in [5, 5.41) is 3.97. The first-order valence-corrected chi connectivity index (χ1v) is 6.33. The molecule has 1 aliphatic carbocycles. The molecule has 0 amide bonds. The Balaban J connectivity index is 0.00000147. The number of halogens is 1. The van der Waals surface area contributed by atoms with Crippen molar-refractivity contribution in [3.05, 3.63) is 35.7 Å². The predicted molar refractivity (Wildman–Crippen MR) is 76.7 cm³/mol. The molecule has 0 atom stereocenters. The molecular weight excluding hydrogens is 278 g/mol. The van der Waals surface area contributed by atoms with Gasteiger partial charge in [-0.3, -0.25) is 4.79 Å². The van der Waals surface area contributed by atoms with Crippen LogP contribution in [0.2, 0.25) is 0 Å². The van der Waals surface area contributed by atoms with Gasteiger partial charge in [0.1, 0.15) is 0 Å². The van der Waals surface area contributed by atoms with E-state index in [0.29, 0.717) is 17.3 Å². The first-order valence-electron chi connectivity index (χ1n) is 6.33. The summed E-state index contributed by atoms with van der Waals surface area (Å²) in [6, 6.07) is 7.11. The second-order valence-electron chi connectivity index (χ2n) is 5.07. The predicted octanol–water partition coefficient (Wildman–Crippen LogP) is 2.70. The summed E-state index contributed by atoms with van der Waals surface area (Å²) >= 11 is 0. The fraction of sp³-hybridized carbons (Fsp3) is 0.357. The molecule has 2 aromatic rings. The molecule has 0 radical (unpaired) electrons. The second-order valence-corrected chi connectivity index (χ2v) is 5.07. The summed E-state index contributed by atoms with van der Waals surface area (Å²) in [7, 11) is 0. The zero-order valence-corrected chi connectivity index (χ0v) is 11.9. The minimum atomic E-state index is -0.416. The number of carbonyl (C=O) groups is 1. The molecule has 1 fully saturated rings. The highest BCUT2D eigenvalue weighted by atomic mass is 35.5. The fourth-order valence-corrected chi connectivity index (χ4v) is 2.17. The van der Waals surface area contributed by atoms with Crippen molar-refractivity contribution in [3.8, 4) is 11.5 Å². The Morgan fingerprint density at radius 3 is 2.45 bits per heavy atom. The van der Waals surface area contributed by atoms with Crippen LogP contribution in [0.25, 0.3) is 11.5 Å². The van der Waals surface area contributed by atoms with Crippen molar-refractivity contribution in [2.24, 2.45) is 5.73 Å². The largest absolute Gasteiger partial charge is 0.334 e. The Hall–Kier alpha value is -1.72. The molecule has 1 heterocycles. The third-order valence-corrected chi connectivity index (χ3v) is 3.66. The third-order valence-electron chi connectivity index (χ3n) is 3.66. The smallest absolute Gasteiger partial charge is 0.257 e. The van der Waals surface area contributed by atoms with Crippen molar-refractivity contribution >= 4 is 18.2 Å². The van der Waals surface area contributed by atoms with Crippen molar-refractivity contribution in [1.82, 2.24) is 10.1 Å². The molecule has 6 heteroatoms. The van der Waals surface area contributed by atoms with Gasteiger partial charge in [-0.05, 0) is 38.3 Å². The number of Topliss-reactive ketones (excluding diaryl/α,β-unsaturated/α-hetero) is 1. The Morgan fingerprint density at radius 1 is 1.30 bits per heavy atom. The van der Waals surface area contributed by atoms with E-state index >= 15 is 0 Å². The lowest BCUT2D eigenvalue weighted by atomic mass is 9.77. The maximum atomic E-state index is 11.2. The van der Waals surface area contributed by atoms with Gasteiger partial charge >= 0.3 is 0 Å². The van der Waals surface area contributed by atoms with Crippen LogP contribution in [0, 0.1) is 0 Å². The first-order chi connectivity index (χ1) is 9.08. The summed E-state index contributed by atoms with van der Waals surface area (Å²) in [5.74, 6) is 1.05. The van der Waals surface area contributed by atoms with Crippen molar-refractivity contribution in [1.29, 1.82) is 0 Å². The van der Waals surface area contributed by atoms with Crippen LogP contribution in [0.1, 0.15) is 42.4 Å². The van der Waals surface area contributed by atoms with Crippen LogP contribution in [0.3, 0.4) is 0 Å². The van der Waals surface area contributed by atoms with Gasteiger partial charge in [-0.25, -0.2) is 0 Å². The van der Waals surface area contributed by atoms with Gasteiger partial charge in [0.25, 0.3) is 5.89 Å². The quantitative estimate of drug-likeness (QED) is 0.880. The average molecular weight is 294 g/mol. The SMILES string of the molecule is CC(=O)c1ccc(-c2nc(C3(N)CCC3)no2)cc1.Cl. The van der Waals surface area contributed by atoms with Crippen molar-refractivity contribution < 1.29 is 9.32 Å². The number of hydrogen-bond acceptors (Lipinski definition) is 5. The zero-order chi connectivity index (χ0) is 13.5. The molecule has 1 aliphatic rings.